The summed E-state index contributed by atoms with van der Waals surface area (Å²) in [7, 11) is 0. The van der Waals surface area contributed by atoms with E-state index in [1.165, 1.54) is 24.3 Å². The summed E-state index contributed by atoms with van der Waals surface area (Å²) in [6.45, 7) is 0. The molecule has 0 radical (unpaired) electrons. The molecule has 130 valence electrons. The van der Waals surface area contributed by atoms with Gasteiger partial charge in [0.2, 0.25) is 0 Å². The zero-order chi connectivity index (χ0) is 18.6. The van der Waals surface area contributed by atoms with Crippen molar-refractivity contribution in [2.45, 2.75) is 6.18 Å². The molecule has 2 rings (SSSR count). The van der Waals surface area contributed by atoms with Crippen molar-refractivity contribution in [3.63, 3.8) is 0 Å². The van der Waals surface area contributed by atoms with Gasteiger partial charge in [-0.25, -0.2) is 4.39 Å². The molecule has 0 bridgehead atoms. The lowest BCUT2D eigenvalue weighted by atomic mass is 10.1. The van der Waals surface area contributed by atoms with Gasteiger partial charge < -0.3 is 5.11 Å². The largest absolute Gasteiger partial charge is 0.505 e. The lowest BCUT2D eigenvalue weighted by Crippen LogP contribution is -2.24. The molecule has 2 aromatic carbocycles. The van der Waals surface area contributed by atoms with Crippen molar-refractivity contribution in [2.75, 3.05) is 0 Å². The summed E-state index contributed by atoms with van der Waals surface area (Å²) < 4.78 is 51.1. The molecule has 0 aliphatic carbocycles. The summed E-state index contributed by atoms with van der Waals surface area (Å²) >= 11 is 5.67. The molecular formula is C16H9ClF4N2O2. The molecule has 0 fully saturated rings. The number of aliphatic hydroxyl groups is 1. The van der Waals surface area contributed by atoms with Gasteiger partial charge in [0.25, 0.3) is 5.78 Å². The van der Waals surface area contributed by atoms with Gasteiger partial charge in [0, 0.05) is 10.6 Å². The van der Waals surface area contributed by atoms with Crippen LogP contribution >= 0.6 is 11.6 Å². The van der Waals surface area contributed by atoms with E-state index < -0.39 is 29.2 Å². The first-order valence-electron chi connectivity index (χ1n) is 6.66. The summed E-state index contributed by atoms with van der Waals surface area (Å²) in [6, 6.07) is 9.40. The normalized spacial score (nSPS) is 13.0. The van der Waals surface area contributed by atoms with Crippen LogP contribution in [0.3, 0.4) is 0 Å². The highest BCUT2D eigenvalue weighted by Gasteiger charge is 2.43. The quantitative estimate of drug-likeness (QED) is 0.327. The molecule has 0 saturated carbocycles. The van der Waals surface area contributed by atoms with E-state index in [2.05, 4.69) is 10.2 Å². The number of azo groups is 1. The second-order valence-electron chi connectivity index (χ2n) is 4.71. The summed E-state index contributed by atoms with van der Waals surface area (Å²) in [5.74, 6) is -3.96. The standard InChI is InChI=1S/C16H9ClF4N2O2/c17-10-3-1-9(2-4-10)14(24)13(15(25)16(19,20)21)23-22-12-7-5-11(18)6-8-12/h1-8,24H/b14-13+,23-22?. The third kappa shape index (κ3) is 4.87. The predicted octanol–water partition coefficient (Wildman–Crippen LogP) is 5.62. The fourth-order valence-corrected chi connectivity index (χ4v) is 1.82. The van der Waals surface area contributed by atoms with Gasteiger partial charge in [-0.15, -0.1) is 5.11 Å². The number of hydrogen-bond donors (Lipinski definition) is 1. The Morgan fingerprint density at radius 3 is 2.08 bits per heavy atom. The van der Waals surface area contributed by atoms with Crippen molar-refractivity contribution in [3.05, 3.63) is 70.6 Å². The number of nitrogens with zero attached hydrogens (tertiary/aromatic N) is 2. The first kappa shape index (κ1) is 18.6. The van der Waals surface area contributed by atoms with Gasteiger partial charge in [0.15, 0.2) is 11.5 Å². The predicted molar refractivity (Wildman–Crippen MR) is 83.0 cm³/mol. The van der Waals surface area contributed by atoms with Crippen molar-refractivity contribution in [1.82, 2.24) is 0 Å². The van der Waals surface area contributed by atoms with Gasteiger partial charge in [0.05, 0.1) is 5.69 Å². The third-order valence-corrected chi connectivity index (χ3v) is 3.16. The van der Waals surface area contributed by atoms with Crippen LogP contribution in [0.25, 0.3) is 5.76 Å². The fourth-order valence-electron chi connectivity index (χ4n) is 1.69. The van der Waals surface area contributed by atoms with Gasteiger partial charge in [-0.1, -0.05) is 11.6 Å². The summed E-state index contributed by atoms with van der Waals surface area (Å²) in [4.78, 5) is 11.5. The molecule has 0 aliphatic heterocycles. The molecule has 0 atom stereocenters. The molecule has 1 N–H and O–H groups in total. The van der Waals surface area contributed by atoms with Crippen molar-refractivity contribution >= 4 is 28.8 Å². The monoisotopic (exact) mass is 372 g/mol. The van der Waals surface area contributed by atoms with Crippen LogP contribution in [0, 0.1) is 5.82 Å². The molecule has 0 unspecified atom stereocenters. The highest BCUT2D eigenvalue weighted by atomic mass is 35.5. The van der Waals surface area contributed by atoms with Crippen molar-refractivity contribution < 1.29 is 27.5 Å². The second kappa shape index (κ2) is 7.43. The van der Waals surface area contributed by atoms with E-state index in [0.29, 0.717) is 0 Å². The first-order chi connectivity index (χ1) is 11.7. The molecule has 0 aromatic heterocycles. The maximum atomic E-state index is 12.8. The average molecular weight is 373 g/mol. The Kier molecular flexibility index (Phi) is 5.53. The maximum Gasteiger partial charge on any atom is 0.456 e. The third-order valence-electron chi connectivity index (χ3n) is 2.91. The molecule has 9 heteroatoms. The molecule has 0 amide bonds. The van der Waals surface area contributed by atoms with Crippen LogP contribution < -0.4 is 0 Å². The molecule has 0 heterocycles. The maximum absolute atomic E-state index is 12.8. The van der Waals surface area contributed by atoms with Crippen LogP contribution in [0.5, 0.6) is 0 Å². The van der Waals surface area contributed by atoms with Gasteiger partial charge >= 0.3 is 6.18 Å². The molecule has 25 heavy (non-hydrogen) atoms. The Morgan fingerprint density at radius 2 is 1.56 bits per heavy atom. The van der Waals surface area contributed by atoms with E-state index in [-0.39, 0.29) is 16.3 Å². The number of rotatable bonds is 4. The SMILES string of the molecule is O=C(/C(N=Nc1ccc(F)cc1)=C(\O)c1ccc(Cl)cc1)C(F)(F)F. The lowest BCUT2D eigenvalue weighted by molar-refractivity contribution is -0.166. The number of carbonyl (C=O) groups excluding carboxylic acids is 1. The minimum atomic E-state index is -5.27. The summed E-state index contributed by atoms with van der Waals surface area (Å²) in [5, 5.41) is 17.0. The number of hydrogen-bond acceptors (Lipinski definition) is 4. The van der Waals surface area contributed by atoms with E-state index in [1.54, 1.807) is 0 Å². The van der Waals surface area contributed by atoms with Gasteiger partial charge in [0.1, 0.15) is 5.82 Å². The van der Waals surface area contributed by atoms with Crippen LogP contribution in [-0.4, -0.2) is 17.1 Å². The molecule has 0 spiro atoms. The number of Topliss-reactive ketones (excluding diaryl/α,β-unsaturated/α-hetero) is 1. The Labute approximate surface area is 144 Å². The molecule has 4 nitrogen and oxygen atoms in total. The van der Waals surface area contributed by atoms with Crippen LogP contribution in [0.4, 0.5) is 23.2 Å². The van der Waals surface area contributed by atoms with E-state index in [0.717, 1.165) is 24.3 Å². The minimum Gasteiger partial charge on any atom is -0.505 e. The van der Waals surface area contributed by atoms with E-state index in [9.17, 15) is 27.5 Å². The van der Waals surface area contributed by atoms with Crippen molar-refractivity contribution in [2.24, 2.45) is 10.2 Å². The number of ketones is 1. The van der Waals surface area contributed by atoms with Gasteiger partial charge in [-0.3, -0.25) is 4.79 Å². The zero-order valence-corrected chi connectivity index (χ0v) is 13.0. The molecule has 2 aromatic rings. The van der Waals surface area contributed by atoms with Crippen molar-refractivity contribution in [1.29, 1.82) is 0 Å². The van der Waals surface area contributed by atoms with Crippen molar-refractivity contribution in [3.8, 4) is 0 Å². The van der Waals surface area contributed by atoms with Gasteiger partial charge in [-0.2, -0.15) is 18.3 Å². The highest BCUT2D eigenvalue weighted by molar-refractivity contribution is 6.30. The molecular weight excluding hydrogens is 364 g/mol. The Bertz CT molecular complexity index is 829. The number of carbonyl (C=O) groups is 1. The van der Waals surface area contributed by atoms with Crippen LogP contribution in [0.2, 0.25) is 5.02 Å². The zero-order valence-electron chi connectivity index (χ0n) is 12.3. The first-order valence-corrected chi connectivity index (χ1v) is 7.04. The number of halogens is 5. The minimum absolute atomic E-state index is 0.00205. The number of benzene rings is 2. The smallest absolute Gasteiger partial charge is 0.456 e. The molecule has 0 aliphatic rings. The van der Waals surface area contributed by atoms with Crippen LogP contribution in [-0.2, 0) is 4.79 Å². The Morgan fingerprint density at radius 1 is 1.00 bits per heavy atom. The Hall–Kier alpha value is -2.74. The topological polar surface area (TPSA) is 62.0 Å². The second-order valence-corrected chi connectivity index (χ2v) is 5.14. The number of alkyl halides is 3. The average Bonchev–Trinajstić information content (AvgIpc) is 2.56. The van der Waals surface area contributed by atoms with Crippen LogP contribution in [0.1, 0.15) is 5.56 Å². The molecule has 0 saturated heterocycles. The fraction of sp³-hybridized carbons (Fsp3) is 0.0625. The summed E-state index contributed by atoms with van der Waals surface area (Å²) in [5.41, 5.74) is -1.40. The number of aliphatic hydroxyl groups excluding tert-OH is 1. The van der Waals surface area contributed by atoms with E-state index >= 15 is 0 Å². The Balaban J connectivity index is 2.49. The van der Waals surface area contributed by atoms with Crippen LogP contribution in [0.15, 0.2) is 64.5 Å². The van der Waals surface area contributed by atoms with E-state index in [1.807, 2.05) is 0 Å². The lowest BCUT2D eigenvalue weighted by Gasteiger charge is -2.08. The highest BCUT2D eigenvalue weighted by Crippen LogP contribution is 2.28. The number of allylic oxidation sites excluding steroid dienone is 1. The van der Waals surface area contributed by atoms with E-state index in [4.69, 9.17) is 11.6 Å². The summed E-state index contributed by atoms with van der Waals surface area (Å²) in [6.07, 6.45) is -5.27. The van der Waals surface area contributed by atoms with Gasteiger partial charge in [-0.05, 0) is 48.5 Å².